The van der Waals surface area contributed by atoms with Gasteiger partial charge in [0.05, 0.1) is 0 Å². The molecular weight excluding hydrogens is 164 g/mol. The van der Waals surface area contributed by atoms with E-state index in [1.165, 1.54) is 6.20 Å². The first-order valence-electron chi connectivity index (χ1n) is 3.66. The van der Waals surface area contributed by atoms with Gasteiger partial charge >= 0.3 is 5.92 Å². The van der Waals surface area contributed by atoms with Crippen molar-refractivity contribution in [3.63, 3.8) is 0 Å². The van der Waals surface area contributed by atoms with Crippen molar-refractivity contribution in [1.82, 2.24) is 9.97 Å². The van der Waals surface area contributed by atoms with E-state index in [9.17, 15) is 8.78 Å². The average Bonchev–Trinajstić information content (AvgIpc) is 2.35. The van der Waals surface area contributed by atoms with Crippen LogP contribution in [0, 0.1) is 0 Å². The molecule has 1 heterocycles. The summed E-state index contributed by atoms with van der Waals surface area (Å²) in [5.41, 5.74) is 5.89. The Morgan fingerprint density at radius 2 is 2.33 bits per heavy atom. The van der Waals surface area contributed by atoms with Gasteiger partial charge in [-0.05, 0) is 6.54 Å². The number of imidazole rings is 1. The minimum atomic E-state index is -2.90. The van der Waals surface area contributed by atoms with E-state index in [4.69, 9.17) is 5.73 Å². The molecule has 0 aliphatic heterocycles. The molecule has 0 spiro atoms. The Morgan fingerprint density at radius 1 is 1.67 bits per heavy atom. The third-order valence-electron chi connectivity index (χ3n) is 1.46. The molecule has 0 aromatic carbocycles. The molecule has 1 aromatic heterocycles. The number of alkyl halides is 2. The number of H-pyrrole nitrogens is 1. The Labute approximate surface area is 69.0 Å². The van der Waals surface area contributed by atoms with Crippen LogP contribution in [0.15, 0.2) is 6.20 Å². The standard InChI is InChI=1S/C7H11F2N3/c1-7(8,9)6-11-4-5(12-6)2-3-10/h4H,2-3,10H2,1H3,(H,11,12). The van der Waals surface area contributed by atoms with Crippen LogP contribution in [-0.2, 0) is 12.3 Å². The normalized spacial score (nSPS) is 12.0. The van der Waals surface area contributed by atoms with E-state index in [-0.39, 0.29) is 5.82 Å². The van der Waals surface area contributed by atoms with Gasteiger partial charge < -0.3 is 10.7 Å². The molecule has 1 aromatic rings. The average molecular weight is 175 g/mol. The van der Waals surface area contributed by atoms with E-state index in [0.717, 1.165) is 6.92 Å². The quantitative estimate of drug-likeness (QED) is 0.720. The minimum Gasteiger partial charge on any atom is -0.341 e. The predicted octanol–water partition coefficient (Wildman–Crippen LogP) is 1.02. The number of halogens is 2. The fourth-order valence-electron chi connectivity index (χ4n) is 0.865. The number of hydrogen-bond acceptors (Lipinski definition) is 2. The molecule has 0 aliphatic carbocycles. The van der Waals surface area contributed by atoms with Gasteiger partial charge in [-0.3, -0.25) is 0 Å². The van der Waals surface area contributed by atoms with Crippen LogP contribution >= 0.6 is 0 Å². The van der Waals surface area contributed by atoms with Crippen LogP contribution in [0.1, 0.15) is 18.4 Å². The smallest absolute Gasteiger partial charge is 0.301 e. The molecule has 0 fully saturated rings. The molecule has 0 saturated carbocycles. The molecule has 0 saturated heterocycles. The lowest BCUT2D eigenvalue weighted by Crippen LogP contribution is -2.10. The van der Waals surface area contributed by atoms with E-state index in [0.29, 0.717) is 18.7 Å². The summed E-state index contributed by atoms with van der Waals surface area (Å²) < 4.78 is 25.2. The zero-order chi connectivity index (χ0) is 9.19. The van der Waals surface area contributed by atoms with Gasteiger partial charge in [0.1, 0.15) is 0 Å². The van der Waals surface area contributed by atoms with Crippen LogP contribution in [0.2, 0.25) is 0 Å². The molecule has 1 rings (SSSR count). The highest BCUT2D eigenvalue weighted by Gasteiger charge is 2.27. The van der Waals surface area contributed by atoms with Crippen LogP contribution in [0.25, 0.3) is 0 Å². The molecule has 3 nitrogen and oxygen atoms in total. The number of nitrogens with one attached hydrogen (secondary N) is 1. The van der Waals surface area contributed by atoms with E-state index in [1.807, 2.05) is 0 Å². The highest BCUT2D eigenvalue weighted by Crippen LogP contribution is 2.23. The molecule has 5 heteroatoms. The van der Waals surface area contributed by atoms with Crippen LogP contribution < -0.4 is 5.73 Å². The van der Waals surface area contributed by atoms with Crippen LogP contribution in [0.5, 0.6) is 0 Å². The third kappa shape index (κ3) is 2.01. The van der Waals surface area contributed by atoms with Gasteiger partial charge in [0, 0.05) is 25.2 Å². The Balaban J connectivity index is 2.77. The Hall–Kier alpha value is -0.970. The first kappa shape index (κ1) is 9.12. The van der Waals surface area contributed by atoms with Gasteiger partial charge in [-0.2, -0.15) is 8.78 Å². The van der Waals surface area contributed by atoms with Crippen LogP contribution in [-0.4, -0.2) is 16.5 Å². The van der Waals surface area contributed by atoms with E-state index in [2.05, 4.69) is 9.97 Å². The molecule has 0 amide bonds. The number of aromatic amines is 1. The van der Waals surface area contributed by atoms with E-state index >= 15 is 0 Å². The zero-order valence-electron chi connectivity index (χ0n) is 6.77. The molecule has 0 unspecified atom stereocenters. The molecule has 0 atom stereocenters. The summed E-state index contributed by atoms with van der Waals surface area (Å²) in [7, 11) is 0. The topological polar surface area (TPSA) is 54.7 Å². The van der Waals surface area contributed by atoms with Crippen molar-refractivity contribution >= 4 is 0 Å². The molecule has 0 radical (unpaired) electrons. The third-order valence-corrected chi connectivity index (χ3v) is 1.46. The summed E-state index contributed by atoms with van der Waals surface area (Å²) >= 11 is 0. The highest BCUT2D eigenvalue weighted by molar-refractivity contribution is 5.05. The molecular formula is C7H11F2N3. The summed E-state index contributed by atoms with van der Waals surface area (Å²) in [5.74, 6) is -3.20. The first-order valence-corrected chi connectivity index (χ1v) is 3.66. The Bertz CT molecular complexity index is 251. The second-order valence-electron chi connectivity index (χ2n) is 2.68. The monoisotopic (exact) mass is 175 g/mol. The Kier molecular flexibility index (Phi) is 2.42. The fourth-order valence-corrected chi connectivity index (χ4v) is 0.865. The number of hydrogen-bond donors (Lipinski definition) is 2. The lowest BCUT2D eigenvalue weighted by Gasteiger charge is -2.04. The number of rotatable bonds is 3. The van der Waals surface area contributed by atoms with Crippen molar-refractivity contribution < 1.29 is 8.78 Å². The molecule has 0 bridgehead atoms. The molecule has 0 aliphatic rings. The van der Waals surface area contributed by atoms with E-state index in [1.54, 1.807) is 0 Å². The summed E-state index contributed by atoms with van der Waals surface area (Å²) in [6.07, 6.45) is 1.93. The van der Waals surface area contributed by atoms with E-state index < -0.39 is 5.92 Å². The van der Waals surface area contributed by atoms with Gasteiger partial charge in [-0.1, -0.05) is 0 Å². The molecule has 3 N–H and O–H groups in total. The summed E-state index contributed by atoms with van der Waals surface area (Å²) in [5, 5.41) is 0. The highest BCUT2D eigenvalue weighted by atomic mass is 19.3. The first-order chi connectivity index (χ1) is 5.54. The van der Waals surface area contributed by atoms with Gasteiger partial charge in [0.25, 0.3) is 0 Å². The second kappa shape index (κ2) is 3.18. The summed E-state index contributed by atoms with van der Waals surface area (Å²) in [6, 6.07) is 0. The van der Waals surface area contributed by atoms with Gasteiger partial charge in [-0.25, -0.2) is 4.98 Å². The summed E-state index contributed by atoms with van der Waals surface area (Å²) in [6.45, 7) is 1.23. The minimum absolute atomic E-state index is 0.300. The fraction of sp³-hybridized carbons (Fsp3) is 0.571. The number of nitrogens with two attached hydrogens (primary N) is 1. The number of nitrogens with zero attached hydrogens (tertiary/aromatic N) is 1. The van der Waals surface area contributed by atoms with Crippen molar-refractivity contribution in [3.05, 3.63) is 17.7 Å². The Morgan fingerprint density at radius 3 is 2.75 bits per heavy atom. The molecule has 12 heavy (non-hydrogen) atoms. The SMILES string of the molecule is CC(F)(F)c1ncc(CCN)[nH]1. The maximum atomic E-state index is 12.6. The largest absolute Gasteiger partial charge is 0.341 e. The maximum Gasteiger partial charge on any atom is 0.301 e. The van der Waals surface area contributed by atoms with Crippen LogP contribution in [0.4, 0.5) is 8.78 Å². The summed E-state index contributed by atoms with van der Waals surface area (Å²) in [4.78, 5) is 6.06. The van der Waals surface area contributed by atoms with Crippen molar-refractivity contribution in [2.24, 2.45) is 5.73 Å². The van der Waals surface area contributed by atoms with Crippen molar-refractivity contribution in [3.8, 4) is 0 Å². The lowest BCUT2D eigenvalue weighted by atomic mass is 10.3. The van der Waals surface area contributed by atoms with Gasteiger partial charge in [0.15, 0.2) is 5.82 Å². The zero-order valence-corrected chi connectivity index (χ0v) is 6.77. The van der Waals surface area contributed by atoms with Crippen LogP contribution in [0.3, 0.4) is 0 Å². The second-order valence-corrected chi connectivity index (χ2v) is 2.68. The predicted molar refractivity (Wildman–Crippen MR) is 40.9 cm³/mol. The maximum absolute atomic E-state index is 12.6. The lowest BCUT2D eigenvalue weighted by molar-refractivity contribution is 0.00848. The molecule has 68 valence electrons. The van der Waals surface area contributed by atoms with Crippen molar-refractivity contribution in [2.75, 3.05) is 6.54 Å². The van der Waals surface area contributed by atoms with Gasteiger partial charge in [0.2, 0.25) is 0 Å². The van der Waals surface area contributed by atoms with Crippen molar-refractivity contribution in [2.45, 2.75) is 19.3 Å². The van der Waals surface area contributed by atoms with Crippen molar-refractivity contribution in [1.29, 1.82) is 0 Å². The number of aromatic nitrogens is 2. The van der Waals surface area contributed by atoms with Gasteiger partial charge in [-0.15, -0.1) is 0 Å².